The Balaban J connectivity index is 2.15. The summed E-state index contributed by atoms with van der Waals surface area (Å²) in [6.07, 6.45) is 1.30. The third-order valence-corrected chi connectivity index (χ3v) is 4.91. The fourth-order valence-corrected chi connectivity index (χ4v) is 3.20. The van der Waals surface area contributed by atoms with E-state index in [9.17, 15) is 19.1 Å². The maximum Gasteiger partial charge on any atom is 0.341 e. The second-order valence-electron chi connectivity index (χ2n) is 6.02. The standard InChI is InChI=1S/C20H15Cl2FN2O4/c1-2-25-17(29-10-11-5-6-24-16(23)7-11)9-15(26)18(20(27)28)19(25)12-3-4-13(21)14(22)8-12/h3-9H,2,10H2,1H3,(H,27,28). The van der Waals surface area contributed by atoms with Gasteiger partial charge in [0.25, 0.3) is 0 Å². The van der Waals surface area contributed by atoms with Crippen LogP contribution in [0, 0.1) is 5.95 Å². The second kappa shape index (κ2) is 8.63. The molecule has 6 nitrogen and oxygen atoms in total. The average molecular weight is 437 g/mol. The molecule has 0 bridgehead atoms. The molecule has 29 heavy (non-hydrogen) atoms. The molecule has 0 aliphatic heterocycles. The molecular formula is C20H15Cl2FN2O4. The highest BCUT2D eigenvalue weighted by atomic mass is 35.5. The van der Waals surface area contributed by atoms with E-state index in [-0.39, 0.29) is 23.2 Å². The summed E-state index contributed by atoms with van der Waals surface area (Å²) in [5.41, 5.74) is -0.0872. The molecule has 0 saturated carbocycles. The molecule has 0 atom stereocenters. The highest BCUT2D eigenvalue weighted by Crippen LogP contribution is 2.32. The summed E-state index contributed by atoms with van der Waals surface area (Å²) in [6, 6.07) is 8.46. The first-order valence-corrected chi connectivity index (χ1v) is 9.27. The number of carbonyl (C=O) groups is 1. The highest BCUT2D eigenvalue weighted by molar-refractivity contribution is 6.42. The smallest absolute Gasteiger partial charge is 0.341 e. The number of rotatable bonds is 6. The number of ether oxygens (including phenoxy) is 1. The Kier molecular flexibility index (Phi) is 6.20. The minimum atomic E-state index is -1.37. The zero-order valence-corrected chi connectivity index (χ0v) is 16.7. The van der Waals surface area contributed by atoms with Crippen molar-refractivity contribution in [2.75, 3.05) is 0 Å². The molecule has 0 fully saturated rings. The maximum atomic E-state index is 13.3. The quantitative estimate of drug-likeness (QED) is 0.568. The van der Waals surface area contributed by atoms with Crippen molar-refractivity contribution in [2.24, 2.45) is 0 Å². The monoisotopic (exact) mass is 436 g/mol. The van der Waals surface area contributed by atoms with E-state index in [2.05, 4.69) is 4.98 Å². The van der Waals surface area contributed by atoms with E-state index in [0.717, 1.165) is 6.07 Å². The summed E-state index contributed by atoms with van der Waals surface area (Å²) >= 11 is 12.0. The van der Waals surface area contributed by atoms with Crippen LogP contribution in [0.1, 0.15) is 22.8 Å². The van der Waals surface area contributed by atoms with Crippen molar-refractivity contribution in [3.8, 4) is 17.1 Å². The first kappa shape index (κ1) is 20.8. The summed E-state index contributed by atoms with van der Waals surface area (Å²) in [5.74, 6) is -1.89. The summed E-state index contributed by atoms with van der Waals surface area (Å²) < 4.78 is 20.6. The van der Waals surface area contributed by atoms with Gasteiger partial charge in [0.15, 0.2) is 5.88 Å². The Morgan fingerprint density at radius 2 is 1.97 bits per heavy atom. The Morgan fingerprint density at radius 3 is 2.59 bits per heavy atom. The number of carboxylic acid groups (broad SMARTS) is 1. The van der Waals surface area contributed by atoms with E-state index in [4.69, 9.17) is 27.9 Å². The predicted molar refractivity (Wildman–Crippen MR) is 107 cm³/mol. The number of carboxylic acids is 1. The van der Waals surface area contributed by atoms with Gasteiger partial charge in [-0.05, 0) is 36.8 Å². The van der Waals surface area contributed by atoms with Gasteiger partial charge in [-0.1, -0.05) is 29.3 Å². The molecule has 3 rings (SSSR count). The minimum Gasteiger partial charge on any atom is -0.477 e. The zero-order valence-electron chi connectivity index (χ0n) is 15.2. The van der Waals surface area contributed by atoms with Gasteiger partial charge in [0.2, 0.25) is 11.4 Å². The van der Waals surface area contributed by atoms with Gasteiger partial charge in [0.05, 0.1) is 15.7 Å². The number of aromatic carboxylic acids is 1. The lowest BCUT2D eigenvalue weighted by Gasteiger charge is -2.20. The van der Waals surface area contributed by atoms with Gasteiger partial charge in [0.1, 0.15) is 12.2 Å². The van der Waals surface area contributed by atoms with Gasteiger partial charge in [-0.25, -0.2) is 9.78 Å². The van der Waals surface area contributed by atoms with Gasteiger partial charge in [-0.3, -0.25) is 4.79 Å². The van der Waals surface area contributed by atoms with Crippen molar-refractivity contribution in [1.82, 2.24) is 9.55 Å². The average Bonchev–Trinajstić information content (AvgIpc) is 2.67. The molecular weight excluding hydrogens is 422 g/mol. The summed E-state index contributed by atoms with van der Waals surface area (Å²) in [7, 11) is 0. The number of hydrogen-bond donors (Lipinski definition) is 1. The SMILES string of the molecule is CCn1c(OCc2ccnc(F)c2)cc(=O)c(C(=O)O)c1-c1ccc(Cl)c(Cl)c1. The van der Waals surface area contributed by atoms with E-state index in [1.807, 2.05) is 0 Å². The topological polar surface area (TPSA) is 81.4 Å². The molecule has 150 valence electrons. The van der Waals surface area contributed by atoms with E-state index < -0.39 is 22.9 Å². The molecule has 0 aliphatic rings. The lowest BCUT2D eigenvalue weighted by molar-refractivity contribution is 0.0695. The maximum absolute atomic E-state index is 13.3. The number of pyridine rings is 2. The lowest BCUT2D eigenvalue weighted by Crippen LogP contribution is -2.22. The van der Waals surface area contributed by atoms with Crippen LogP contribution in [0.15, 0.2) is 47.4 Å². The van der Waals surface area contributed by atoms with Crippen LogP contribution in [-0.4, -0.2) is 20.6 Å². The van der Waals surface area contributed by atoms with Crippen LogP contribution in [0.3, 0.4) is 0 Å². The van der Waals surface area contributed by atoms with Crippen LogP contribution in [-0.2, 0) is 13.2 Å². The molecule has 1 N–H and O–H groups in total. The summed E-state index contributed by atoms with van der Waals surface area (Å²) in [5, 5.41) is 10.1. The van der Waals surface area contributed by atoms with Crippen LogP contribution < -0.4 is 10.2 Å². The molecule has 0 spiro atoms. The predicted octanol–water partition coefficient (Wildman–Crippen LogP) is 4.65. The van der Waals surface area contributed by atoms with Gasteiger partial charge >= 0.3 is 5.97 Å². The molecule has 1 aromatic carbocycles. The zero-order chi connectivity index (χ0) is 21.1. The van der Waals surface area contributed by atoms with Crippen molar-refractivity contribution in [2.45, 2.75) is 20.1 Å². The molecule has 0 radical (unpaired) electrons. The van der Waals surface area contributed by atoms with E-state index in [0.29, 0.717) is 22.7 Å². The van der Waals surface area contributed by atoms with Crippen molar-refractivity contribution < 1.29 is 19.0 Å². The normalized spacial score (nSPS) is 10.8. The highest BCUT2D eigenvalue weighted by Gasteiger charge is 2.23. The van der Waals surface area contributed by atoms with Gasteiger partial charge in [-0.2, -0.15) is 4.39 Å². The fraction of sp³-hybridized carbons (Fsp3) is 0.150. The minimum absolute atomic E-state index is 0.0356. The van der Waals surface area contributed by atoms with Crippen molar-refractivity contribution in [3.05, 3.63) is 79.9 Å². The third kappa shape index (κ3) is 4.41. The molecule has 0 amide bonds. The van der Waals surface area contributed by atoms with Gasteiger partial charge in [0, 0.05) is 24.4 Å². The van der Waals surface area contributed by atoms with Crippen molar-refractivity contribution >= 4 is 29.2 Å². The van der Waals surface area contributed by atoms with E-state index in [1.54, 1.807) is 23.6 Å². The first-order valence-electron chi connectivity index (χ1n) is 8.51. The van der Waals surface area contributed by atoms with E-state index in [1.165, 1.54) is 24.4 Å². The molecule has 0 unspecified atom stereocenters. The summed E-state index contributed by atoms with van der Waals surface area (Å²) in [4.78, 5) is 27.8. The van der Waals surface area contributed by atoms with Crippen LogP contribution in [0.2, 0.25) is 10.0 Å². The van der Waals surface area contributed by atoms with E-state index >= 15 is 0 Å². The Labute approximate surface area is 175 Å². The number of benzene rings is 1. The third-order valence-electron chi connectivity index (χ3n) is 4.17. The Bertz CT molecular complexity index is 1150. The van der Waals surface area contributed by atoms with Crippen LogP contribution >= 0.6 is 23.2 Å². The lowest BCUT2D eigenvalue weighted by atomic mass is 10.0. The second-order valence-corrected chi connectivity index (χ2v) is 6.84. The molecule has 0 aliphatic carbocycles. The fourth-order valence-electron chi connectivity index (χ4n) is 2.90. The van der Waals surface area contributed by atoms with Gasteiger partial charge in [-0.15, -0.1) is 0 Å². The molecule has 9 heteroatoms. The molecule has 2 heterocycles. The van der Waals surface area contributed by atoms with Crippen molar-refractivity contribution in [1.29, 1.82) is 0 Å². The number of aromatic nitrogens is 2. The van der Waals surface area contributed by atoms with Crippen molar-refractivity contribution in [3.63, 3.8) is 0 Å². The Hall–Kier alpha value is -2.90. The van der Waals surface area contributed by atoms with Crippen LogP contribution in [0.4, 0.5) is 4.39 Å². The number of hydrogen-bond acceptors (Lipinski definition) is 4. The molecule has 2 aromatic heterocycles. The van der Waals surface area contributed by atoms with Crippen LogP contribution in [0.5, 0.6) is 5.88 Å². The number of halogens is 3. The Morgan fingerprint density at radius 1 is 1.21 bits per heavy atom. The number of nitrogens with zero attached hydrogens (tertiary/aromatic N) is 2. The van der Waals surface area contributed by atoms with Gasteiger partial charge < -0.3 is 14.4 Å². The first-order chi connectivity index (χ1) is 13.8. The largest absolute Gasteiger partial charge is 0.477 e. The summed E-state index contributed by atoms with van der Waals surface area (Å²) in [6.45, 7) is 2.04. The van der Waals surface area contributed by atoms with Crippen LogP contribution in [0.25, 0.3) is 11.3 Å². The molecule has 3 aromatic rings. The molecule has 0 saturated heterocycles.